The lowest BCUT2D eigenvalue weighted by molar-refractivity contribution is 0.158. The number of phenols is 1. The number of likely N-dealkylation sites (tertiary alicyclic amines) is 1. The van der Waals surface area contributed by atoms with Crippen molar-refractivity contribution in [2.24, 2.45) is 0 Å². The minimum atomic E-state index is 0.333. The van der Waals surface area contributed by atoms with Crippen molar-refractivity contribution in [2.45, 2.75) is 51.6 Å². The van der Waals surface area contributed by atoms with Crippen LogP contribution in [-0.2, 0) is 0 Å². The van der Waals surface area contributed by atoms with Crippen molar-refractivity contribution in [1.29, 1.82) is 0 Å². The van der Waals surface area contributed by atoms with Gasteiger partial charge in [0, 0.05) is 12.1 Å². The standard InChI is InChI=1S/C17H28N2O/c1-14-6-3-4-12-19(14)13-5-11-18-15(2)16-7-9-17(20)10-8-16/h7-10,14-15,18,20H,3-6,11-13H2,1-2H3. The van der Waals surface area contributed by atoms with Gasteiger partial charge in [0.2, 0.25) is 0 Å². The maximum absolute atomic E-state index is 9.30. The number of aromatic hydroxyl groups is 1. The van der Waals surface area contributed by atoms with E-state index in [1.54, 1.807) is 12.1 Å². The molecule has 112 valence electrons. The monoisotopic (exact) mass is 276 g/mol. The summed E-state index contributed by atoms with van der Waals surface area (Å²) >= 11 is 0. The number of benzene rings is 1. The van der Waals surface area contributed by atoms with E-state index in [0.717, 1.165) is 12.6 Å². The van der Waals surface area contributed by atoms with Gasteiger partial charge in [-0.25, -0.2) is 0 Å². The number of nitrogens with zero attached hydrogens (tertiary/aromatic N) is 1. The molecule has 2 N–H and O–H groups in total. The van der Waals surface area contributed by atoms with Crippen LogP contribution in [0.2, 0.25) is 0 Å². The van der Waals surface area contributed by atoms with E-state index >= 15 is 0 Å². The zero-order chi connectivity index (χ0) is 14.4. The fourth-order valence-electron chi connectivity index (χ4n) is 2.97. The lowest BCUT2D eigenvalue weighted by Crippen LogP contribution is -2.39. The average Bonchev–Trinajstić information content (AvgIpc) is 2.46. The van der Waals surface area contributed by atoms with Gasteiger partial charge in [0.05, 0.1) is 0 Å². The van der Waals surface area contributed by atoms with Gasteiger partial charge in [0.25, 0.3) is 0 Å². The van der Waals surface area contributed by atoms with Crippen LogP contribution in [0, 0.1) is 0 Å². The molecule has 1 saturated heterocycles. The smallest absolute Gasteiger partial charge is 0.115 e. The van der Waals surface area contributed by atoms with Crippen LogP contribution in [0.1, 0.15) is 51.1 Å². The van der Waals surface area contributed by atoms with Crippen LogP contribution in [0.15, 0.2) is 24.3 Å². The Bertz CT molecular complexity index is 390. The number of rotatable bonds is 6. The van der Waals surface area contributed by atoms with Gasteiger partial charge < -0.3 is 15.3 Å². The minimum Gasteiger partial charge on any atom is -0.508 e. The molecular formula is C17H28N2O. The minimum absolute atomic E-state index is 0.333. The molecule has 1 aliphatic rings. The third-order valence-electron chi connectivity index (χ3n) is 4.41. The van der Waals surface area contributed by atoms with Gasteiger partial charge in [-0.1, -0.05) is 18.6 Å². The highest BCUT2D eigenvalue weighted by Gasteiger charge is 2.17. The van der Waals surface area contributed by atoms with E-state index in [4.69, 9.17) is 0 Å². The summed E-state index contributed by atoms with van der Waals surface area (Å²) in [5, 5.41) is 12.9. The summed E-state index contributed by atoms with van der Waals surface area (Å²) in [6, 6.07) is 8.58. The molecule has 0 bridgehead atoms. The molecule has 3 nitrogen and oxygen atoms in total. The molecule has 0 saturated carbocycles. The number of hydrogen-bond donors (Lipinski definition) is 2. The fourth-order valence-corrected chi connectivity index (χ4v) is 2.97. The SMILES string of the molecule is CC(NCCCN1CCCCC1C)c1ccc(O)cc1. The lowest BCUT2D eigenvalue weighted by Gasteiger charge is -2.33. The van der Waals surface area contributed by atoms with Crippen molar-refractivity contribution in [2.75, 3.05) is 19.6 Å². The summed E-state index contributed by atoms with van der Waals surface area (Å²) < 4.78 is 0. The first-order valence-electron chi connectivity index (χ1n) is 7.93. The number of phenolic OH excluding ortho intramolecular Hbond substituents is 1. The van der Waals surface area contributed by atoms with E-state index in [-0.39, 0.29) is 0 Å². The summed E-state index contributed by atoms with van der Waals surface area (Å²) in [6.07, 6.45) is 5.32. The van der Waals surface area contributed by atoms with E-state index in [9.17, 15) is 5.11 Å². The van der Waals surface area contributed by atoms with Gasteiger partial charge in [0.15, 0.2) is 0 Å². The second-order valence-electron chi connectivity index (χ2n) is 6.00. The molecule has 0 spiro atoms. The average molecular weight is 276 g/mol. The van der Waals surface area contributed by atoms with Crippen LogP contribution in [0.4, 0.5) is 0 Å². The quantitative estimate of drug-likeness (QED) is 0.783. The van der Waals surface area contributed by atoms with Crippen molar-refractivity contribution in [3.8, 4) is 5.75 Å². The summed E-state index contributed by atoms with van der Waals surface area (Å²) in [5.41, 5.74) is 1.23. The van der Waals surface area contributed by atoms with Crippen LogP contribution < -0.4 is 5.32 Å². The predicted octanol–water partition coefficient (Wildman–Crippen LogP) is 3.31. The first-order chi connectivity index (χ1) is 9.66. The number of nitrogens with one attached hydrogen (secondary N) is 1. The van der Waals surface area contributed by atoms with E-state index in [2.05, 4.69) is 24.1 Å². The summed E-state index contributed by atoms with van der Waals surface area (Å²) in [4.78, 5) is 2.62. The summed E-state index contributed by atoms with van der Waals surface area (Å²) in [6.45, 7) is 8.05. The van der Waals surface area contributed by atoms with Gasteiger partial charge in [-0.05, 0) is 70.4 Å². The normalized spacial score (nSPS) is 21.8. The third kappa shape index (κ3) is 4.50. The molecule has 0 radical (unpaired) electrons. The van der Waals surface area contributed by atoms with Crippen LogP contribution in [0.3, 0.4) is 0 Å². The van der Waals surface area contributed by atoms with Gasteiger partial charge >= 0.3 is 0 Å². The molecular weight excluding hydrogens is 248 g/mol. The lowest BCUT2D eigenvalue weighted by atomic mass is 10.0. The topological polar surface area (TPSA) is 35.5 Å². The molecule has 3 heteroatoms. The Kier molecular flexibility index (Phi) is 5.86. The fraction of sp³-hybridized carbons (Fsp3) is 0.647. The first kappa shape index (κ1) is 15.3. The largest absolute Gasteiger partial charge is 0.508 e. The van der Waals surface area contributed by atoms with Crippen molar-refractivity contribution in [1.82, 2.24) is 10.2 Å². The zero-order valence-corrected chi connectivity index (χ0v) is 12.8. The molecule has 1 aromatic carbocycles. The summed E-state index contributed by atoms with van der Waals surface area (Å²) in [7, 11) is 0. The molecule has 2 unspecified atom stereocenters. The third-order valence-corrected chi connectivity index (χ3v) is 4.41. The molecule has 20 heavy (non-hydrogen) atoms. The Morgan fingerprint density at radius 2 is 2.05 bits per heavy atom. The number of hydrogen-bond acceptors (Lipinski definition) is 3. The predicted molar refractivity (Wildman–Crippen MR) is 84.0 cm³/mol. The van der Waals surface area contributed by atoms with Crippen molar-refractivity contribution < 1.29 is 5.11 Å². The van der Waals surface area contributed by atoms with Crippen LogP contribution in [0.25, 0.3) is 0 Å². The molecule has 1 fully saturated rings. The van der Waals surface area contributed by atoms with Gasteiger partial charge in [-0.15, -0.1) is 0 Å². The second-order valence-corrected chi connectivity index (χ2v) is 6.00. The van der Waals surface area contributed by atoms with E-state index < -0.39 is 0 Å². The molecule has 1 aromatic rings. The van der Waals surface area contributed by atoms with Crippen molar-refractivity contribution in [3.05, 3.63) is 29.8 Å². The molecule has 2 rings (SSSR count). The first-order valence-corrected chi connectivity index (χ1v) is 7.93. The highest BCUT2D eigenvalue weighted by atomic mass is 16.3. The highest BCUT2D eigenvalue weighted by molar-refractivity contribution is 5.27. The van der Waals surface area contributed by atoms with Gasteiger partial charge in [-0.3, -0.25) is 0 Å². The van der Waals surface area contributed by atoms with Crippen molar-refractivity contribution in [3.63, 3.8) is 0 Å². The molecule has 0 aromatic heterocycles. The zero-order valence-electron chi connectivity index (χ0n) is 12.8. The molecule has 1 aliphatic heterocycles. The Hall–Kier alpha value is -1.06. The van der Waals surface area contributed by atoms with E-state index in [1.165, 1.54) is 44.3 Å². The van der Waals surface area contributed by atoms with Gasteiger partial charge in [0.1, 0.15) is 5.75 Å². The van der Waals surface area contributed by atoms with E-state index in [0.29, 0.717) is 11.8 Å². The Labute approximate surface area is 123 Å². The number of piperidine rings is 1. The Morgan fingerprint density at radius 3 is 2.75 bits per heavy atom. The van der Waals surface area contributed by atoms with Crippen LogP contribution in [0.5, 0.6) is 5.75 Å². The Morgan fingerprint density at radius 1 is 1.30 bits per heavy atom. The van der Waals surface area contributed by atoms with Crippen molar-refractivity contribution >= 4 is 0 Å². The molecule has 1 heterocycles. The maximum Gasteiger partial charge on any atom is 0.115 e. The van der Waals surface area contributed by atoms with E-state index in [1.807, 2.05) is 12.1 Å². The summed E-state index contributed by atoms with van der Waals surface area (Å²) in [5.74, 6) is 0.333. The highest BCUT2D eigenvalue weighted by Crippen LogP contribution is 2.17. The molecule has 0 amide bonds. The van der Waals surface area contributed by atoms with Crippen LogP contribution in [-0.4, -0.2) is 35.7 Å². The Balaban J connectivity index is 1.66. The maximum atomic E-state index is 9.30. The molecule has 2 atom stereocenters. The van der Waals surface area contributed by atoms with Crippen LogP contribution >= 0.6 is 0 Å². The van der Waals surface area contributed by atoms with Gasteiger partial charge in [-0.2, -0.15) is 0 Å². The molecule has 0 aliphatic carbocycles. The second kappa shape index (κ2) is 7.65.